The Morgan fingerprint density at radius 2 is 0.478 bits per heavy atom. The fourth-order valence-corrected chi connectivity index (χ4v) is 14.4. The summed E-state index contributed by atoms with van der Waals surface area (Å²) >= 11 is 0. The van der Waals surface area contributed by atoms with Crippen LogP contribution in [0.15, 0.2) is 0 Å². The zero-order chi connectivity index (χ0) is 71.2. The van der Waals surface area contributed by atoms with Gasteiger partial charge in [-0.15, -0.1) is 0 Å². The number of hydrogen-bond donors (Lipinski definition) is 0. The molecule has 4 atom stereocenters. The SMILES string of the molecule is CCC(CC)C(C)C.CCCC(CC)(CC)CC(C)C.CCCC(CCC)CC(C)C.CCCCC(CC)C(C)C.CCCCC(CCC)C(C)C.CCCCC(CCCC)C(C)C.CCCCCC(CC)C(C)C.CCCCCCC(CCCC)CC(C)C. The highest BCUT2D eigenvalue weighted by molar-refractivity contribution is 4.77. The topological polar surface area (TPSA) is 0 Å². The minimum absolute atomic E-state index is 0.656. The molecule has 90 heavy (non-hydrogen) atoms. The summed E-state index contributed by atoms with van der Waals surface area (Å²) in [4.78, 5) is 0. The Morgan fingerprint density at radius 1 is 0.211 bits per heavy atom. The number of hydrogen-bond acceptors (Lipinski definition) is 0. The summed E-state index contributed by atoms with van der Waals surface area (Å²) in [6.45, 7) is 76.6. The Kier molecular flexibility index (Phi) is 95.9. The third-order valence-electron chi connectivity index (χ3n) is 20.9. The van der Waals surface area contributed by atoms with Gasteiger partial charge in [0.25, 0.3) is 0 Å². The fourth-order valence-electron chi connectivity index (χ4n) is 14.4. The van der Waals surface area contributed by atoms with E-state index < -0.39 is 0 Å². The van der Waals surface area contributed by atoms with E-state index in [0.29, 0.717) is 5.41 Å². The average molecular weight is 1280 g/mol. The van der Waals surface area contributed by atoms with Crippen LogP contribution in [0.3, 0.4) is 0 Å². The van der Waals surface area contributed by atoms with E-state index in [1.54, 1.807) is 0 Å². The molecule has 556 valence electrons. The van der Waals surface area contributed by atoms with Gasteiger partial charge >= 0.3 is 0 Å². The second-order valence-corrected chi connectivity index (χ2v) is 32.6. The van der Waals surface area contributed by atoms with Gasteiger partial charge < -0.3 is 0 Å². The van der Waals surface area contributed by atoms with Gasteiger partial charge in [0.15, 0.2) is 0 Å². The van der Waals surface area contributed by atoms with E-state index in [2.05, 4.69) is 228 Å². The van der Waals surface area contributed by atoms with E-state index in [1.165, 1.54) is 263 Å². The molecule has 0 heterocycles. The molecule has 0 N–H and O–H groups in total. The molecule has 0 saturated carbocycles. The highest BCUT2D eigenvalue weighted by Gasteiger charge is 2.25. The molecular formula is C90H196. The van der Waals surface area contributed by atoms with Crippen molar-refractivity contribution >= 4 is 0 Å². The molecule has 0 radical (unpaired) electrons. The van der Waals surface area contributed by atoms with Crippen LogP contribution in [0.2, 0.25) is 0 Å². The highest BCUT2D eigenvalue weighted by atomic mass is 14.3. The zero-order valence-corrected chi connectivity index (χ0v) is 71.2. The maximum atomic E-state index is 2.37. The van der Waals surface area contributed by atoms with E-state index in [9.17, 15) is 0 Å². The molecule has 0 aromatic heterocycles. The lowest BCUT2D eigenvalue weighted by Gasteiger charge is -2.33. The molecule has 0 aromatic rings. The summed E-state index contributed by atoms with van der Waals surface area (Å²) < 4.78 is 0. The number of unbranched alkanes of at least 4 members (excludes halogenated alkanes) is 10. The van der Waals surface area contributed by atoms with Crippen molar-refractivity contribution in [3.63, 3.8) is 0 Å². The average Bonchev–Trinajstić information content (AvgIpc) is 1.94. The van der Waals surface area contributed by atoms with Gasteiger partial charge in [0.2, 0.25) is 0 Å². The minimum atomic E-state index is 0.656. The summed E-state index contributed by atoms with van der Waals surface area (Å²) in [6, 6.07) is 0. The van der Waals surface area contributed by atoms with Crippen LogP contribution < -0.4 is 0 Å². The van der Waals surface area contributed by atoms with Crippen LogP contribution in [0.1, 0.15) is 492 Å². The maximum absolute atomic E-state index is 2.37. The number of rotatable bonds is 49. The zero-order valence-electron chi connectivity index (χ0n) is 71.2. The molecule has 0 rings (SSSR count). The van der Waals surface area contributed by atoms with Crippen molar-refractivity contribution in [2.24, 2.45) is 94.2 Å². The lowest BCUT2D eigenvalue weighted by molar-refractivity contribution is 0.187. The molecule has 0 aromatic carbocycles. The second-order valence-electron chi connectivity index (χ2n) is 32.6. The summed E-state index contributed by atoms with van der Waals surface area (Å²) in [6.07, 6.45) is 57.6. The van der Waals surface area contributed by atoms with Crippen LogP contribution in [0.5, 0.6) is 0 Å². The van der Waals surface area contributed by atoms with Gasteiger partial charge in [-0.05, 0) is 120 Å². The van der Waals surface area contributed by atoms with Gasteiger partial charge in [0, 0.05) is 0 Å². The first-order valence-electron chi connectivity index (χ1n) is 42.6. The molecule has 0 heteroatoms. The van der Waals surface area contributed by atoms with Crippen LogP contribution in [-0.2, 0) is 0 Å². The second kappa shape index (κ2) is 81.4. The van der Waals surface area contributed by atoms with Gasteiger partial charge in [-0.1, -0.05) is 466 Å². The van der Waals surface area contributed by atoms with Crippen molar-refractivity contribution in [3.8, 4) is 0 Å². The molecule has 0 fully saturated rings. The summed E-state index contributed by atoms with van der Waals surface area (Å²) in [7, 11) is 0. The fraction of sp³-hybridized carbons (Fsp3) is 1.00. The Morgan fingerprint density at radius 3 is 0.733 bits per heavy atom. The molecule has 0 nitrogen and oxygen atoms in total. The van der Waals surface area contributed by atoms with E-state index >= 15 is 0 Å². The standard InChI is InChI=1S/C15H32.2C12H26.3C11H24.C10H22.C8H18/c1-5-7-9-10-12-15(11-8-6-2)13-14(3)4;1-6-9-12(7-2,8-3)10-11(4)5;1-5-7-9-12(11(3)4)10-8-6-2;1-5-7-8-9-11(6-2)10(3)4;1-5-7-11(8-6-2)9-10(3)4;1-5-7-9-11(8-6-2)10(3)4;1-5-7-8-10(6-2)9(3)4;1-5-8(6-2)7(3)4/h14-15H,5-13H2,1-4H3;11H,6-10H2,1-5H3;11-12H,5-10H2,1-4H3;3*10-11H,5-9H2,1-4H3;9-10H,5-8H2,1-4H3;7-8H,5-6H2,1-4H3. The summed E-state index contributed by atoms with van der Waals surface area (Å²) in [5.74, 6) is 14.0. The molecule has 4 unspecified atom stereocenters. The predicted molar refractivity (Wildman–Crippen MR) is 431 cm³/mol. The van der Waals surface area contributed by atoms with Crippen molar-refractivity contribution in [2.45, 2.75) is 492 Å². The van der Waals surface area contributed by atoms with E-state index in [4.69, 9.17) is 0 Å². The van der Waals surface area contributed by atoms with E-state index in [1.807, 2.05) is 0 Å². The maximum Gasteiger partial charge on any atom is -0.0300 e. The smallest absolute Gasteiger partial charge is 0.0300 e. The molecule has 0 aliphatic rings. The molecule has 0 spiro atoms. The van der Waals surface area contributed by atoms with Gasteiger partial charge in [-0.3, -0.25) is 0 Å². The first kappa shape index (κ1) is 106. The quantitative estimate of drug-likeness (QED) is 0.0533. The first-order valence-corrected chi connectivity index (χ1v) is 42.6. The lowest BCUT2D eigenvalue weighted by atomic mass is 9.73. The first-order chi connectivity index (χ1) is 42.6. The van der Waals surface area contributed by atoms with Gasteiger partial charge in [0.05, 0.1) is 0 Å². The molecule has 0 aliphatic heterocycles. The van der Waals surface area contributed by atoms with Crippen molar-refractivity contribution < 1.29 is 0 Å². The Hall–Kier alpha value is 0. The van der Waals surface area contributed by atoms with E-state index in [-0.39, 0.29) is 0 Å². The van der Waals surface area contributed by atoms with Crippen LogP contribution >= 0.6 is 0 Å². The normalized spacial score (nSPS) is 12.8. The van der Waals surface area contributed by atoms with Crippen molar-refractivity contribution in [3.05, 3.63) is 0 Å². The lowest BCUT2D eigenvalue weighted by Crippen LogP contribution is -2.20. The van der Waals surface area contributed by atoms with E-state index in [0.717, 1.165) is 88.8 Å². The predicted octanol–water partition coefficient (Wildman–Crippen LogP) is 34.8. The largest absolute Gasteiger partial charge is 0.0654 e. The molecule has 0 amide bonds. The third kappa shape index (κ3) is 80.4. The van der Waals surface area contributed by atoms with Gasteiger partial charge in [-0.25, -0.2) is 0 Å². The van der Waals surface area contributed by atoms with Gasteiger partial charge in [0.1, 0.15) is 0 Å². The highest BCUT2D eigenvalue weighted by Crippen LogP contribution is 2.38. The van der Waals surface area contributed by atoms with Crippen molar-refractivity contribution in [1.29, 1.82) is 0 Å². The summed E-state index contributed by atoms with van der Waals surface area (Å²) in [5.41, 5.74) is 0.656. The summed E-state index contributed by atoms with van der Waals surface area (Å²) in [5, 5.41) is 0. The third-order valence-corrected chi connectivity index (χ3v) is 20.9. The molecule has 0 aliphatic carbocycles. The van der Waals surface area contributed by atoms with Crippen LogP contribution in [-0.4, -0.2) is 0 Å². The van der Waals surface area contributed by atoms with Crippen molar-refractivity contribution in [1.82, 2.24) is 0 Å². The Balaban J connectivity index is -0.000000143. The van der Waals surface area contributed by atoms with Gasteiger partial charge in [-0.2, -0.15) is 0 Å². The Labute approximate surface area is 582 Å². The Bertz CT molecular complexity index is 1160. The minimum Gasteiger partial charge on any atom is -0.0654 e. The van der Waals surface area contributed by atoms with Crippen LogP contribution in [0, 0.1) is 94.2 Å². The van der Waals surface area contributed by atoms with Crippen LogP contribution in [0.4, 0.5) is 0 Å². The van der Waals surface area contributed by atoms with Crippen molar-refractivity contribution in [2.75, 3.05) is 0 Å². The monoisotopic (exact) mass is 1280 g/mol. The molecular weight excluding hydrogens is 1080 g/mol. The van der Waals surface area contributed by atoms with Crippen LogP contribution in [0.25, 0.3) is 0 Å². The molecule has 0 saturated heterocycles. The molecule has 0 bridgehead atoms.